The number of amides is 4. The highest BCUT2D eigenvalue weighted by molar-refractivity contribution is 6.06. The molecule has 28 heteroatoms. The number of aromatic nitrogens is 6. The second kappa shape index (κ2) is 24.1. The Labute approximate surface area is 318 Å². The number of nitro groups is 1. The standard InChI is InChI=1S/C27H38N12O11.C2HF3O2/c1-47-27(44)16(4-2-3-5-28)30-23(40)15-50-11-10-49-9-8-48-7-6-29-24(41)17-12-20(36-33-17)31-25(42)18-13-21(37-34-18)32-26(43)19-14-22(38-35-19)39(45)46;3-2(4,5)1(6)7/h12-14,16H,2-11,15,28H2,1H3,(H,29,41)(H,30,40)(H,35,38)(H2,31,33,36,42)(H2,32,34,37,43);(H,6,7). The Bertz CT molecular complexity index is 1800. The van der Waals surface area contributed by atoms with Crippen LogP contribution in [0.1, 0.15) is 50.7 Å². The lowest BCUT2D eigenvalue weighted by Crippen LogP contribution is -2.43. The Hall–Kier alpha value is -6.52. The number of methoxy groups -OCH3 is 1. The van der Waals surface area contributed by atoms with E-state index in [1.807, 2.05) is 0 Å². The zero-order chi connectivity index (χ0) is 42.4. The van der Waals surface area contributed by atoms with Crippen LogP contribution in [0.25, 0.3) is 0 Å². The summed E-state index contributed by atoms with van der Waals surface area (Å²) in [6, 6.07) is 2.70. The number of nitrogens with zero attached hydrogens (tertiary/aromatic N) is 4. The molecule has 0 aliphatic carbocycles. The van der Waals surface area contributed by atoms with Crippen molar-refractivity contribution < 1.29 is 70.9 Å². The number of carbonyl (C=O) groups is 6. The number of carboxylic acid groups (broad SMARTS) is 1. The first-order valence-corrected chi connectivity index (χ1v) is 16.4. The SMILES string of the molecule is COC(=O)C(CCCCN)NC(=O)COCCOCCOCCNC(=O)c1cc(NC(=O)c2cc(NC(=O)c3cc([N+](=O)[O-])[nH]n3)n[nH]2)n[nH]1.O=C(O)C(F)(F)F. The number of carbonyl (C=O) groups excluding carboxylic acids is 5. The summed E-state index contributed by atoms with van der Waals surface area (Å²) in [6.45, 7) is 1.45. The third-order valence-corrected chi connectivity index (χ3v) is 6.64. The summed E-state index contributed by atoms with van der Waals surface area (Å²) >= 11 is 0. The fourth-order valence-electron chi connectivity index (χ4n) is 3.95. The lowest BCUT2D eigenvalue weighted by Gasteiger charge is -2.16. The summed E-state index contributed by atoms with van der Waals surface area (Å²) in [5, 5.41) is 46.1. The minimum Gasteiger partial charge on any atom is -0.475 e. The molecule has 57 heavy (non-hydrogen) atoms. The molecule has 3 heterocycles. The lowest BCUT2D eigenvalue weighted by atomic mass is 10.1. The van der Waals surface area contributed by atoms with E-state index in [2.05, 4.69) is 51.9 Å². The fourth-order valence-corrected chi connectivity index (χ4v) is 3.95. The molecule has 3 rings (SSSR count). The molecule has 0 saturated heterocycles. The molecule has 1 unspecified atom stereocenters. The van der Waals surface area contributed by atoms with Crippen molar-refractivity contribution in [2.45, 2.75) is 31.5 Å². The van der Waals surface area contributed by atoms with Gasteiger partial charge in [0.25, 0.3) is 17.7 Å². The Morgan fingerprint density at radius 1 is 0.860 bits per heavy atom. The van der Waals surface area contributed by atoms with Crippen LogP contribution in [0.4, 0.5) is 30.6 Å². The number of nitrogens with two attached hydrogens (primary N) is 1. The first-order chi connectivity index (χ1) is 27.0. The van der Waals surface area contributed by atoms with E-state index in [4.69, 9.17) is 34.6 Å². The predicted molar refractivity (Wildman–Crippen MR) is 184 cm³/mol. The maximum Gasteiger partial charge on any atom is 0.490 e. The van der Waals surface area contributed by atoms with Crippen molar-refractivity contribution in [3.63, 3.8) is 0 Å². The number of aliphatic carboxylic acids is 1. The van der Waals surface area contributed by atoms with Gasteiger partial charge in [-0.15, -0.1) is 5.10 Å². The minimum absolute atomic E-state index is 0.0332. The van der Waals surface area contributed by atoms with E-state index >= 15 is 0 Å². The molecule has 0 aliphatic rings. The van der Waals surface area contributed by atoms with Crippen LogP contribution < -0.4 is 27.0 Å². The van der Waals surface area contributed by atoms with E-state index in [0.29, 0.717) is 19.4 Å². The van der Waals surface area contributed by atoms with Crippen molar-refractivity contribution in [2.75, 3.05) is 70.5 Å². The first-order valence-electron chi connectivity index (χ1n) is 16.4. The van der Waals surface area contributed by atoms with E-state index in [-0.39, 0.29) is 74.9 Å². The van der Waals surface area contributed by atoms with E-state index in [9.17, 15) is 47.3 Å². The molecular formula is C29H39F3N12O13. The Kier molecular flexibility index (Phi) is 19.7. The van der Waals surface area contributed by atoms with E-state index in [1.54, 1.807) is 0 Å². The van der Waals surface area contributed by atoms with Crippen molar-refractivity contribution in [1.29, 1.82) is 0 Å². The highest BCUT2D eigenvalue weighted by atomic mass is 19.4. The van der Waals surface area contributed by atoms with Crippen LogP contribution >= 0.6 is 0 Å². The second-order valence-corrected chi connectivity index (χ2v) is 10.9. The van der Waals surface area contributed by atoms with Crippen LogP contribution in [0.2, 0.25) is 0 Å². The van der Waals surface area contributed by atoms with Crippen LogP contribution in [0.3, 0.4) is 0 Å². The molecule has 314 valence electrons. The molecular weight excluding hydrogens is 781 g/mol. The first kappa shape index (κ1) is 46.6. The van der Waals surface area contributed by atoms with Crippen molar-refractivity contribution >= 4 is 53.0 Å². The number of hydrogen-bond donors (Lipinski definition) is 9. The van der Waals surface area contributed by atoms with Crippen LogP contribution in [0.15, 0.2) is 18.2 Å². The number of unbranched alkanes of at least 4 members (excludes halogenated alkanes) is 1. The Morgan fingerprint density at radius 2 is 1.42 bits per heavy atom. The van der Waals surface area contributed by atoms with Gasteiger partial charge in [0.2, 0.25) is 5.91 Å². The molecule has 1 atom stereocenters. The van der Waals surface area contributed by atoms with Gasteiger partial charge in [0, 0.05) is 18.7 Å². The van der Waals surface area contributed by atoms with Crippen molar-refractivity contribution in [3.8, 4) is 0 Å². The van der Waals surface area contributed by atoms with Gasteiger partial charge < -0.3 is 61.2 Å². The van der Waals surface area contributed by atoms with Gasteiger partial charge in [-0.2, -0.15) is 23.4 Å². The summed E-state index contributed by atoms with van der Waals surface area (Å²) in [6.07, 6.45) is -3.27. The number of carboxylic acids is 1. The number of anilines is 2. The van der Waals surface area contributed by atoms with E-state index in [0.717, 1.165) is 12.5 Å². The Balaban J connectivity index is 0.00000146. The smallest absolute Gasteiger partial charge is 0.475 e. The van der Waals surface area contributed by atoms with E-state index in [1.165, 1.54) is 19.2 Å². The predicted octanol–water partition coefficient (Wildman–Crippen LogP) is -0.532. The number of ether oxygens (including phenoxy) is 4. The van der Waals surface area contributed by atoms with Gasteiger partial charge in [-0.25, -0.2) is 9.59 Å². The van der Waals surface area contributed by atoms with Crippen LogP contribution in [-0.2, 0) is 33.3 Å². The second-order valence-electron chi connectivity index (χ2n) is 10.9. The van der Waals surface area contributed by atoms with Crippen molar-refractivity contribution in [1.82, 2.24) is 41.2 Å². The third-order valence-electron chi connectivity index (χ3n) is 6.64. The monoisotopic (exact) mass is 820 g/mol. The number of alkyl halides is 3. The molecule has 10 N–H and O–H groups in total. The summed E-state index contributed by atoms with van der Waals surface area (Å²) in [5.41, 5.74) is 5.21. The maximum atomic E-state index is 12.5. The molecule has 3 aromatic rings. The number of esters is 1. The van der Waals surface area contributed by atoms with Gasteiger partial charge >= 0.3 is 23.9 Å². The molecule has 25 nitrogen and oxygen atoms in total. The zero-order valence-electron chi connectivity index (χ0n) is 29.9. The molecule has 0 aromatic carbocycles. The van der Waals surface area contributed by atoms with Crippen LogP contribution in [-0.4, -0.2) is 148 Å². The average molecular weight is 821 g/mol. The van der Waals surface area contributed by atoms with Crippen molar-refractivity contribution in [2.24, 2.45) is 5.73 Å². The van der Waals surface area contributed by atoms with Gasteiger partial charge in [0.1, 0.15) is 24.0 Å². The van der Waals surface area contributed by atoms with Crippen molar-refractivity contribution in [3.05, 3.63) is 45.4 Å². The molecule has 4 amide bonds. The number of aromatic amines is 3. The lowest BCUT2D eigenvalue weighted by molar-refractivity contribution is -0.389. The molecule has 0 fully saturated rings. The number of nitrogens with one attached hydrogen (secondary N) is 7. The topological polar surface area (TPSA) is 363 Å². The van der Waals surface area contributed by atoms with Crippen LogP contribution in [0, 0.1) is 10.1 Å². The van der Waals surface area contributed by atoms with Gasteiger partial charge in [0.05, 0.1) is 46.2 Å². The summed E-state index contributed by atoms with van der Waals surface area (Å²) in [7, 11) is 1.25. The molecule has 3 aromatic heterocycles. The summed E-state index contributed by atoms with van der Waals surface area (Å²) < 4.78 is 52.5. The third kappa shape index (κ3) is 17.7. The number of rotatable bonds is 23. The molecule has 0 bridgehead atoms. The minimum atomic E-state index is -5.08. The highest BCUT2D eigenvalue weighted by Gasteiger charge is 2.38. The number of halogens is 3. The molecule has 0 aliphatic heterocycles. The van der Waals surface area contributed by atoms with E-state index < -0.39 is 58.5 Å². The average Bonchev–Trinajstić information content (AvgIpc) is 3.95. The Morgan fingerprint density at radius 3 is 1.96 bits per heavy atom. The van der Waals surface area contributed by atoms with Gasteiger partial charge in [0.15, 0.2) is 17.3 Å². The number of H-pyrrole nitrogens is 3. The van der Waals surface area contributed by atoms with Gasteiger partial charge in [-0.3, -0.25) is 29.4 Å². The van der Waals surface area contributed by atoms with Crippen LogP contribution in [0.5, 0.6) is 0 Å². The number of hydrogen-bond acceptors (Lipinski definition) is 16. The highest BCUT2D eigenvalue weighted by Crippen LogP contribution is 2.14. The largest absolute Gasteiger partial charge is 0.490 e. The molecule has 0 radical (unpaired) electrons. The molecule has 0 spiro atoms. The van der Waals surface area contributed by atoms with Gasteiger partial charge in [-0.05, 0) is 30.7 Å². The summed E-state index contributed by atoms with van der Waals surface area (Å²) in [5.74, 6) is -6.20. The fraction of sp³-hybridized carbons (Fsp3) is 0.483. The molecule has 0 saturated carbocycles. The van der Waals surface area contributed by atoms with Gasteiger partial charge in [-0.1, -0.05) is 5.10 Å². The summed E-state index contributed by atoms with van der Waals surface area (Å²) in [4.78, 5) is 79.9. The zero-order valence-corrected chi connectivity index (χ0v) is 29.9. The quantitative estimate of drug-likeness (QED) is 0.0251. The maximum absolute atomic E-state index is 12.5. The normalized spacial score (nSPS) is 11.4.